The van der Waals surface area contributed by atoms with Crippen LogP contribution in [0.1, 0.15) is 31.4 Å². The first-order valence-corrected chi connectivity index (χ1v) is 6.93. The molecule has 0 bridgehead atoms. The van der Waals surface area contributed by atoms with Crippen LogP contribution in [-0.4, -0.2) is 5.11 Å². The van der Waals surface area contributed by atoms with Crippen molar-refractivity contribution in [3.05, 3.63) is 58.6 Å². The molecule has 0 fully saturated rings. The summed E-state index contributed by atoms with van der Waals surface area (Å²) in [5.74, 6) is 0. The second kappa shape index (κ2) is 5.68. The van der Waals surface area contributed by atoms with E-state index in [1.807, 2.05) is 18.2 Å². The topological polar surface area (TPSA) is 20.2 Å². The monoisotopic (exact) mass is 304 g/mol. The zero-order chi connectivity index (χ0) is 13.1. The van der Waals surface area contributed by atoms with Crippen LogP contribution in [0.3, 0.4) is 0 Å². The maximum absolute atomic E-state index is 10.2. The number of rotatable bonds is 4. The van der Waals surface area contributed by atoms with E-state index in [1.165, 1.54) is 5.39 Å². The molecule has 2 rings (SSSR count). The molecule has 18 heavy (non-hydrogen) atoms. The second-order valence-electron chi connectivity index (χ2n) is 4.57. The van der Waals surface area contributed by atoms with Crippen LogP contribution in [0.2, 0.25) is 0 Å². The molecule has 0 aliphatic carbocycles. The van der Waals surface area contributed by atoms with Gasteiger partial charge >= 0.3 is 0 Å². The van der Waals surface area contributed by atoms with E-state index in [-0.39, 0.29) is 0 Å². The summed E-state index contributed by atoms with van der Waals surface area (Å²) in [4.78, 5) is 0. The predicted molar refractivity (Wildman–Crippen MR) is 80.7 cm³/mol. The number of benzene rings is 2. The van der Waals surface area contributed by atoms with E-state index < -0.39 is 6.10 Å². The highest BCUT2D eigenvalue weighted by molar-refractivity contribution is 9.10. The maximum atomic E-state index is 10.2. The molecule has 0 aliphatic rings. The molecule has 0 radical (unpaired) electrons. The van der Waals surface area contributed by atoms with E-state index in [9.17, 15) is 5.11 Å². The van der Waals surface area contributed by atoms with Gasteiger partial charge in [-0.2, -0.15) is 0 Å². The highest BCUT2D eigenvalue weighted by Gasteiger charge is 2.09. The molecule has 2 aromatic carbocycles. The van der Waals surface area contributed by atoms with Crippen molar-refractivity contribution < 1.29 is 5.11 Å². The first-order chi connectivity index (χ1) is 8.60. The van der Waals surface area contributed by atoms with Crippen molar-refractivity contribution in [2.45, 2.75) is 25.9 Å². The van der Waals surface area contributed by atoms with Crippen molar-refractivity contribution in [2.24, 2.45) is 0 Å². The van der Waals surface area contributed by atoms with Gasteiger partial charge in [0.15, 0.2) is 0 Å². The minimum Gasteiger partial charge on any atom is -0.388 e. The molecule has 0 saturated heterocycles. The molecular weight excluding hydrogens is 288 g/mol. The Morgan fingerprint density at radius 2 is 1.89 bits per heavy atom. The summed E-state index contributed by atoms with van der Waals surface area (Å²) in [6.45, 7) is 6.01. The Bertz CT molecular complexity index is 574. The smallest absolute Gasteiger partial charge is 0.0827 e. The molecule has 0 aliphatic heterocycles. The Kier molecular flexibility index (Phi) is 4.20. The molecule has 1 N–H and O–H groups in total. The summed E-state index contributed by atoms with van der Waals surface area (Å²) in [7, 11) is 0. The van der Waals surface area contributed by atoms with Crippen LogP contribution in [0.5, 0.6) is 0 Å². The van der Waals surface area contributed by atoms with Gasteiger partial charge in [-0.15, -0.1) is 0 Å². The lowest BCUT2D eigenvalue weighted by atomic mass is 9.98. The summed E-state index contributed by atoms with van der Waals surface area (Å²) in [5.41, 5.74) is 2.04. The SMILES string of the molecule is C=C(CC)CC(O)c1ccc2cc(Br)ccc2c1. The highest BCUT2D eigenvalue weighted by Crippen LogP contribution is 2.26. The van der Waals surface area contributed by atoms with Crippen molar-refractivity contribution in [3.63, 3.8) is 0 Å². The van der Waals surface area contributed by atoms with Crippen molar-refractivity contribution in [1.29, 1.82) is 0 Å². The number of fused-ring (bicyclic) bond motifs is 1. The highest BCUT2D eigenvalue weighted by atomic mass is 79.9. The summed E-state index contributed by atoms with van der Waals surface area (Å²) in [6, 6.07) is 12.2. The van der Waals surface area contributed by atoms with Gasteiger partial charge in [0.2, 0.25) is 0 Å². The summed E-state index contributed by atoms with van der Waals surface area (Å²) in [6.07, 6.45) is 1.10. The number of halogens is 1. The first-order valence-electron chi connectivity index (χ1n) is 6.14. The van der Waals surface area contributed by atoms with E-state index >= 15 is 0 Å². The van der Waals surface area contributed by atoms with Gasteiger partial charge in [0.05, 0.1) is 6.10 Å². The Labute approximate surface area is 116 Å². The van der Waals surface area contributed by atoms with Crippen molar-refractivity contribution in [1.82, 2.24) is 0 Å². The third-order valence-corrected chi connectivity index (χ3v) is 3.69. The van der Waals surface area contributed by atoms with Crippen LogP contribution in [0.15, 0.2) is 53.0 Å². The average Bonchev–Trinajstić information content (AvgIpc) is 2.37. The molecule has 2 heteroatoms. The van der Waals surface area contributed by atoms with Gasteiger partial charge < -0.3 is 5.11 Å². The first kappa shape index (κ1) is 13.3. The lowest BCUT2D eigenvalue weighted by Gasteiger charge is -2.13. The summed E-state index contributed by atoms with van der Waals surface area (Å²) >= 11 is 3.46. The standard InChI is InChI=1S/C16H17BrO/c1-3-11(2)8-16(18)14-5-4-13-10-15(17)7-6-12(13)9-14/h4-7,9-10,16,18H,2-3,8H2,1H3. The molecule has 1 unspecified atom stereocenters. The molecule has 0 heterocycles. The average molecular weight is 305 g/mol. The minimum absolute atomic E-state index is 0.453. The molecular formula is C16H17BrO. The molecule has 0 aromatic heterocycles. The Morgan fingerprint density at radius 1 is 1.22 bits per heavy atom. The fourth-order valence-corrected chi connectivity index (χ4v) is 2.36. The van der Waals surface area contributed by atoms with Crippen molar-refractivity contribution in [2.75, 3.05) is 0 Å². The summed E-state index contributed by atoms with van der Waals surface area (Å²) in [5, 5.41) is 12.5. The van der Waals surface area contributed by atoms with E-state index in [0.29, 0.717) is 6.42 Å². The zero-order valence-electron chi connectivity index (χ0n) is 10.5. The molecule has 1 atom stereocenters. The van der Waals surface area contributed by atoms with E-state index in [4.69, 9.17) is 0 Å². The quantitative estimate of drug-likeness (QED) is 0.789. The van der Waals surface area contributed by atoms with E-state index in [1.54, 1.807) is 0 Å². The van der Waals surface area contributed by atoms with Crippen molar-refractivity contribution in [3.8, 4) is 0 Å². The Morgan fingerprint density at radius 3 is 2.61 bits per heavy atom. The van der Waals surface area contributed by atoms with Crippen LogP contribution in [0, 0.1) is 0 Å². The maximum Gasteiger partial charge on any atom is 0.0827 e. The summed E-state index contributed by atoms with van der Waals surface area (Å²) < 4.78 is 1.07. The molecule has 2 aromatic rings. The van der Waals surface area contributed by atoms with Gasteiger partial charge in [0.25, 0.3) is 0 Å². The third-order valence-electron chi connectivity index (χ3n) is 3.19. The number of aliphatic hydroxyl groups is 1. The van der Waals surface area contributed by atoms with Gasteiger partial charge in [-0.1, -0.05) is 53.2 Å². The molecule has 0 amide bonds. The zero-order valence-corrected chi connectivity index (χ0v) is 12.1. The number of hydrogen-bond donors (Lipinski definition) is 1. The molecule has 0 saturated carbocycles. The van der Waals surface area contributed by atoms with Gasteiger partial charge in [-0.3, -0.25) is 0 Å². The van der Waals surface area contributed by atoms with Crippen LogP contribution >= 0.6 is 15.9 Å². The second-order valence-corrected chi connectivity index (χ2v) is 5.49. The predicted octanol–water partition coefficient (Wildman–Crippen LogP) is 4.99. The Balaban J connectivity index is 2.29. The van der Waals surface area contributed by atoms with Gasteiger partial charge in [-0.25, -0.2) is 0 Å². The van der Waals surface area contributed by atoms with Crippen molar-refractivity contribution >= 4 is 26.7 Å². The fraction of sp³-hybridized carbons (Fsp3) is 0.250. The lowest BCUT2D eigenvalue weighted by molar-refractivity contribution is 0.177. The van der Waals surface area contributed by atoms with Gasteiger partial charge in [0.1, 0.15) is 0 Å². The van der Waals surface area contributed by atoms with E-state index in [0.717, 1.165) is 27.4 Å². The largest absolute Gasteiger partial charge is 0.388 e. The molecule has 0 spiro atoms. The normalized spacial score (nSPS) is 12.6. The lowest BCUT2D eigenvalue weighted by Crippen LogP contribution is -1.98. The van der Waals surface area contributed by atoms with Crippen LogP contribution < -0.4 is 0 Å². The third kappa shape index (κ3) is 3.01. The van der Waals surface area contributed by atoms with Crippen LogP contribution in [0.4, 0.5) is 0 Å². The Hall–Kier alpha value is -1.12. The van der Waals surface area contributed by atoms with Gasteiger partial charge in [0, 0.05) is 4.47 Å². The minimum atomic E-state index is -0.453. The van der Waals surface area contributed by atoms with Crippen LogP contribution in [0.25, 0.3) is 10.8 Å². The van der Waals surface area contributed by atoms with Gasteiger partial charge in [-0.05, 0) is 47.4 Å². The number of aliphatic hydroxyl groups excluding tert-OH is 1. The molecule has 94 valence electrons. The fourth-order valence-electron chi connectivity index (χ4n) is 1.98. The van der Waals surface area contributed by atoms with Crippen LogP contribution in [-0.2, 0) is 0 Å². The number of hydrogen-bond acceptors (Lipinski definition) is 1. The molecule has 1 nitrogen and oxygen atoms in total. The van der Waals surface area contributed by atoms with E-state index in [2.05, 4.69) is 47.6 Å².